The standard InChI is InChI=1S/2C10H15NO3S.2C9H14N2O3S/c2*1-3-7(12)4-5-11-9(13)6-8(15-2)10(11)14;2*1-10-7(12)3-4-11-8(13)5-6(15-2)9(11)14/h2*8H,3-6H2,1-2H3;2*6H,3-5H2,1-2H3,(H,10,12). The van der Waals surface area contributed by atoms with Crippen LogP contribution >= 0.6 is 47.0 Å². The second-order valence-electron chi connectivity index (χ2n) is 13.4. The lowest BCUT2D eigenvalue weighted by atomic mass is 10.2. The molecular weight excluding hydrogens is 861 g/mol. The third-order valence-electron chi connectivity index (χ3n) is 9.65. The normalized spacial score (nSPS) is 21.1. The second-order valence-corrected chi connectivity index (χ2v) is 17.5. The van der Waals surface area contributed by atoms with E-state index in [0.717, 1.165) is 0 Å². The van der Waals surface area contributed by atoms with Crippen molar-refractivity contribution >= 4 is 118 Å². The molecule has 0 radical (unpaired) electrons. The summed E-state index contributed by atoms with van der Waals surface area (Å²) in [6.07, 6.45) is 10.2. The largest absolute Gasteiger partial charge is 0.359 e. The molecular formula is C38H58N6O12S4. The second kappa shape index (κ2) is 28.0. The maximum absolute atomic E-state index is 11.6. The molecule has 4 aliphatic rings. The van der Waals surface area contributed by atoms with Crippen LogP contribution in [0.15, 0.2) is 0 Å². The van der Waals surface area contributed by atoms with Crippen molar-refractivity contribution in [2.24, 2.45) is 0 Å². The predicted molar refractivity (Wildman–Crippen MR) is 232 cm³/mol. The van der Waals surface area contributed by atoms with E-state index < -0.39 is 0 Å². The number of nitrogens with one attached hydrogen (secondary N) is 2. The van der Waals surface area contributed by atoms with Crippen LogP contribution in [0.5, 0.6) is 0 Å². The van der Waals surface area contributed by atoms with Crippen LogP contribution in [0, 0.1) is 0 Å². The number of rotatable bonds is 18. The zero-order chi connectivity index (χ0) is 45.7. The minimum absolute atomic E-state index is 0.0863. The van der Waals surface area contributed by atoms with Crippen molar-refractivity contribution < 1.29 is 57.5 Å². The Morgan fingerprint density at radius 1 is 0.450 bits per heavy atom. The SMILES string of the molecule is CCC(=O)CCN1C(=O)CC(SC)C1=O.CCC(=O)CCN1C(=O)CC(SC)C1=O.CNC(=O)CCN1C(=O)CC(SC)C1=O.CNC(=O)CCN1C(=O)CC(SC)C1=O. The van der Waals surface area contributed by atoms with Gasteiger partial charge in [-0.2, -0.15) is 47.0 Å². The van der Waals surface area contributed by atoms with Gasteiger partial charge in [0.25, 0.3) is 0 Å². The van der Waals surface area contributed by atoms with E-state index in [0.29, 0.717) is 12.8 Å². The van der Waals surface area contributed by atoms with Gasteiger partial charge in [-0.25, -0.2) is 0 Å². The van der Waals surface area contributed by atoms with Crippen LogP contribution in [0.1, 0.15) is 78.1 Å². The maximum atomic E-state index is 11.6. The van der Waals surface area contributed by atoms with Crippen molar-refractivity contribution in [1.29, 1.82) is 0 Å². The lowest BCUT2D eigenvalue weighted by molar-refractivity contribution is -0.140. The fourth-order valence-corrected chi connectivity index (χ4v) is 8.34. The number of likely N-dealkylation sites (tertiary alicyclic amines) is 4. The van der Waals surface area contributed by atoms with Gasteiger partial charge in [-0.05, 0) is 25.0 Å². The van der Waals surface area contributed by atoms with E-state index in [1.807, 2.05) is 12.5 Å². The number of carbonyl (C=O) groups excluding carboxylic acids is 12. The molecule has 22 heteroatoms. The van der Waals surface area contributed by atoms with Gasteiger partial charge in [-0.1, -0.05) is 13.8 Å². The van der Waals surface area contributed by atoms with E-state index in [2.05, 4.69) is 10.6 Å². The molecule has 4 fully saturated rings. The maximum Gasteiger partial charge on any atom is 0.242 e. The average molecular weight is 919 g/mol. The summed E-state index contributed by atoms with van der Waals surface area (Å²) in [6.45, 7) is 4.44. The summed E-state index contributed by atoms with van der Waals surface area (Å²) in [5, 5.41) is 3.89. The summed E-state index contributed by atoms with van der Waals surface area (Å²) in [6, 6.07) is 0. The van der Waals surface area contributed by atoms with Crippen LogP contribution < -0.4 is 10.6 Å². The van der Waals surface area contributed by atoms with Gasteiger partial charge >= 0.3 is 0 Å². The predicted octanol–water partition coefficient (Wildman–Crippen LogP) is 0.918. The molecule has 18 nitrogen and oxygen atoms in total. The first-order valence-electron chi connectivity index (χ1n) is 19.3. The van der Waals surface area contributed by atoms with Gasteiger partial charge < -0.3 is 10.6 Å². The van der Waals surface area contributed by atoms with Gasteiger partial charge in [-0.3, -0.25) is 77.1 Å². The van der Waals surface area contributed by atoms with Crippen molar-refractivity contribution in [3.63, 3.8) is 0 Å². The van der Waals surface area contributed by atoms with Gasteiger partial charge in [0.2, 0.25) is 59.1 Å². The van der Waals surface area contributed by atoms with Gasteiger partial charge in [0, 0.05) is 104 Å². The first-order chi connectivity index (χ1) is 28.4. The molecule has 0 spiro atoms. The van der Waals surface area contributed by atoms with E-state index in [1.165, 1.54) is 80.7 Å². The van der Waals surface area contributed by atoms with E-state index in [9.17, 15) is 57.5 Å². The first-order valence-corrected chi connectivity index (χ1v) is 24.5. The van der Waals surface area contributed by atoms with Gasteiger partial charge in [0.1, 0.15) is 11.6 Å². The molecule has 0 aromatic rings. The Balaban J connectivity index is 0.000000400. The fraction of sp³-hybridized carbons (Fsp3) is 0.684. The van der Waals surface area contributed by atoms with Crippen LogP contribution in [0.25, 0.3) is 0 Å². The zero-order valence-corrected chi connectivity index (χ0v) is 38.8. The molecule has 0 aromatic heterocycles. The molecule has 2 N–H and O–H groups in total. The summed E-state index contributed by atoms with van der Waals surface area (Å²) in [5.41, 5.74) is 0. The minimum atomic E-state index is -0.262. The number of hydrogen-bond donors (Lipinski definition) is 2. The number of imide groups is 4. The molecule has 0 aliphatic carbocycles. The molecule has 0 saturated carbocycles. The number of nitrogens with zero attached hydrogens (tertiary/aromatic N) is 4. The van der Waals surface area contributed by atoms with Crippen LogP contribution in [0.3, 0.4) is 0 Å². The molecule has 0 aromatic carbocycles. The van der Waals surface area contributed by atoms with Crippen molar-refractivity contribution in [3.8, 4) is 0 Å². The quantitative estimate of drug-likeness (QED) is 0.182. The number of hydrogen-bond acceptors (Lipinski definition) is 16. The van der Waals surface area contributed by atoms with Gasteiger partial charge in [0.15, 0.2) is 0 Å². The third kappa shape index (κ3) is 16.6. The third-order valence-corrected chi connectivity index (χ3v) is 13.4. The highest BCUT2D eigenvalue weighted by atomic mass is 32.2. The topological polar surface area (TPSA) is 242 Å². The van der Waals surface area contributed by atoms with Crippen LogP contribution in [0.4, 0.5) is 0 Å². The van der Waals surface area contributed by atoms with Crippen LogP contribution in [-0.4, -0.2) is 177 Å². The lowest BCUT2D eigenvalue weighted by Crippen LogP contribution is -2.34. The molecule has 60 heavy (non-hydrogen) atoms. The van der Waals surface area contributed by atoms with E-state index in [-0.39, 0.29) is 169 Å². The molecule has 10 amide bonds. The molecule has 4 heterocycles. The van der Waals surface area contributed by atoms with Gasteiger partial charge in [0.05, 0.1) is 21.0 Å². The van der Waals surface area contributed by atoms with E-state index in [4.69, 9.17) is 0 Å². The smallest absolute Gasteiger partial charge is 0.242 e. The minimum Gasteiger partial charge on any atom is -0.359 e. The molecule has 0 bridgehead atoms. The number of thioether (sulfide) groups is 4. The Morgan fingerprint density at radius 2 is 0.667 bits per heavy atom. The number of ketones is 2. The number of carbonyl (C=O) groups is 12. The fourth-order valence-electron chi connectivity index (χ4n) is 5.79. The van der Waals surface area contributed by atoms with E-state index >= 15 is 0 Å². The van der Waals surface area contributed by atoms with Gasteiger partial charge in [-0.15, -0.1) is 0 Å². The monoisotopic (exact) mass is 918 g/mol. The van der Waals surface area contributed by atoms with Crippen molar-refractivity contribution in [1.82, 2.24) is 30.2 Å². The van der Waals surface area contributed by atoms with Crippen LogP contribution in [0.2, 0.25) is 0 Å². The molecule has 4 unspecified atom stereocenters. The highest BCUT2D eigenvalue weighted by Gasteiger charge is 2.40. The highest BCUT2D eigenvalue weighted by molar-refractivity contribution is 8.00. The Bertz CT molecular complexity index is 1400. The number of amides is 10. The highest BCUT2D eigenvalue weighted by Crippen LogP contribution is 2.26. The summed E-state index contributed by atoms with van der Waals surface area (Å²) in [4.78, 5) is 141. The van der Waals surface area contributed by atoms with Crippen molar-refractivity contribution in [2.75, 3.05) is 65.3 Å². The van der Waals surface area contributed by atoms with Crippen molar-refractivity contribution in [3.05, 3.63) is 0 Å². The Morgan fingerprint density at radius 3 is 0.833 bits per heavy atom. The average Bonchev–Trinajstić information content (AvgIpc) is 3.90. The summed E-state index contributed by atoms with van der Waals surface area (Å²) in [7, 11) is 3.06. The Hall–Kier alpha value is -3.76. The van der Waals surface area contributed by atoms with E-state index in [1.54, 1.807) is 26.4 Å². The Kier molecular flexibility index (Phi) is 25.3. The first kappa shape index (κ1) is 54.3. The zero-order valence-electron chi connectivity index (χ0n) is 35.5. The van der Waals surface area contributed by atoms with Crippen LogP contribution in [-0.2, 0) is 57.5 Å². The molecule has 4 aliphatic heterocycles. The molecule has 4 atom stereocenters. The molecule has 4 saturated heterocycles. The molecule has 336 valence electrons. The summed E-state index contributed by atoms with van der Waals surface area (Å²) < 4.78 is 0. The lowest BCUT2D eigenvalue weighted by Gasteiger charge is -2.13. The summed E-state index contributed by atoms with van der Waals surface area (Å²) >= 11 is 5.53. The van der Waals surface area contributed by atoms with Crippen molar-refractivity contribution in [2.45, 2.75) is 99.1 Å². The Labute approximate surface area is 368 Å². The molecule has 4 rings (SSSR count). The summed E-state index contributed by atoms with van der Waals surface area (Å²) in [5.74, 6) is -1.43. The number of Topliss-reactive ketones (excluding diaryl/α,β-unsaturated/α-hetero) is 2.